The molecule has 0 aliphatic carbocycles. The molecule has 0 bridgehead atoms. The van der Waals surface area contributed by atoms with Gasteiger partial charge in [-0.05, 0) is 36.9 Å². The monoisotopic (exact) mass is 275 g/mol. The first-order chi connectivity index (χ1) is 9.59. The third-order valence-electron chi connectivity index (χ3n) is 3.75. The van der Waals surface area contributed by atoms with Crippen LogP contribution in [0.1, 0.15) is 32.3 Å². The summed E-state index contributed by atoms with van der Waals surface area (Å²) in [6.07, 6.45) is 1.89. The fourth-order valence-corrected chi connectivity index (χ4v) is 2.79. The molecule has 20 heavy (non-hydrogen) atoms. The molecular formula is C16H25N3O. The molecule has 1 fully saturated rings. The van der Waals surface area contributed by atoms with E-state index in [0.717, 1.165) is 38.2 Å². The maximum absolute atomic E-state index is 11.6. The first-order valence-electron chi connectivity index (χ1n) is 7.44. The minimum atomic E-state index is -0.215. The molecule has 3 N–H and O–H groups in total. The Morgan fingerprint density at radius 3 is 2.90 bits per heavy atom. The fourth-order valence-electron chi connectivity index (χ4n) is 2.79. The number of rotatable bonds is 6. The summed E-state index contributed by atoms with van der Waals surface area (Å²) in [5.41, 5.74) is 7.90. The number of carbonyl (C=O) groups excluding carboxylic acids is 1. The van der Waals surface area contributed by atoms with Crippen LogP contribution in [0, 0.1) is 5.92 Å². The number of carbonyl (C=O) groups is 1. The number of anilines is 1. The van der Waals surface area contributed by atoms with Crippen LogP contribution in [-0.4, -0.2) is 25.0 Å². The van der Waals surface area contributed by atoms with Gasteiger partial charge < -0.3 is 16.0 Å². The molecule has 1 atom stereocenters. The molecule has 2 rings (SSSR count). The Morgan fingerprint density at radius 2 is 2.20 bits per heavy atom. The highest BCUT2D eigenvalue weighted by atomic mass is 16.1. The summed E-state index contributed by atoms with van der Waals surface area (Å²) in [7, 11) is 0. The van der Waals surface area contributed by atoms with Crippen molar-refractivity contribution in [3.8, 4) is 0 Å². The van der Waals surface area contributed by atoms with E-state index >= 15 is 0 Å². The summed E-state index contributed by atoms with van der Waals surface area (Å²) in [5, 5.41) is 3.47. The Bertz CT molecular complexity index is 459. The molecule has 0 aromatic heterocycles. The van der Waals surface area contributed by atoms with Gasteiger partial charge in [0.05, 0.1) is 0 Å². The summed E-state index contributed by atoms with van der Waals surface area (Å²) in [6, 6.07) is 8.14. The highest BCUT2D eigenvalue weighted by molar-refractivity contribution is 5.84. The smallest absolute Gasteiger partial charge is 0.240 e. The van der Waals surface area contributed by atoms with Crippen molar-refractivity contribution >= 4 is 11.6 Å². The van der Waals surface area contributed by atoms with E-state index in [2.05, 4.69) is 36.2 Å². The second kappa shape index (κ2) is 6.75. The molecule has 1 saturated heterocycles. The first kappa shape index (κ1) is 14.9. The van der Waals surface area contributed by atoms with Gasteiger partial charge in [0.2, 0.25) is 5.91 Å². The predicted molar refractivity (Wildman–Crippen MR) is 82.5 cm³/mol. The molecule has 4 nitrogen and oxygen atoms in total. The standard InChI is InChI=1S/C16H25N3O/c1-12(2)10-18-11-13-6-3-4-7-14(13)19-9-5-8-15(19)16(17)20/h3-4,6-7,12,15,18H,5,8-11H2,1-2H3,(H2,17,20). The molecule has 1 unspecified atom stereocenters. The normalized spacial score (nSPS) is 18.8. The van der Waals surface area contributed by atoms with E-state index in [-0.39, 0.29) is 11.9 Å². The van der Waals surface area contributed by atoms with Gasteiger partial charge in [-0.2, -0.15) is 0 Å². The molecule has 0 spiro atoms. The number of hydrogen-bond acceptors (Lipinski definition) is 3. The van der Waals surface area contributed by atoms with Crippen molar-refractivity contribution in [3.63, 3.8) is 0 Å². The summed E-state index contributed by atoms with van der Waals surface area (Å²) < 4.78 is 0. The number of nitrogens with zero attached hydrogens (tertiary/aromatic N) is 1. The summed E-state index contributed by atoms with van der Waals surface area (Å²) in [4.78, 5) is 13.7. The van der Waals surface area contributed by atoms with Crippen LogP contribution in [-0.2, 0) is 11.3 Å². The van der Waals surface area contributed by atoms with Gasteiger partial charge in [0.15, 0.2) is 0 Å². The number of hydrogen-bond donors (Lipinski definition) is 2. The van der Waals surface area contributed by atoms with Crippen molar-refractivity contribution in [2.75, 3.05) is 18.0 Å². The molecule has 1 aromatic carbocycles. The zero-order valence-corrected chi connectivity index (χ0v) is 12.4. The lowest BCUT2D eigenvalue weighted by atomic mass is 10.1. The number of benzene rings is 1. The fraction of sp³-hybridized carbons (Fsp3) is 0.562. The van der Waals surface area contributed by atoms with Crippen LogP contribution < -0.4 is 16.0 Å². The van der Waals surface area contributed by atoms with E-state index in [9.17, 15) is 4.79 Å². The molecule has 110 valence electrons. The van der Waals surface area contributed by atoms with Gasteiger partial charge in [0.25, 0.3) is 0 Å². The van der Waals surface area contributed by atoms with Crippen LogP contribution in [0.4, 0.5) is 5.69 Å². The van der Waals surface area contributed by atoms with Gasteiger partial charge in [-0.15, -0.1) is 0 Å². The minimum absolute atomic E-state index is 0.152. The van der Waals surface area contributed by atoms with Gasteiger partial charge in [0.1, 0.15) is 6.04 Å². The Labute approximate surface area is 121 Å². The van der Waals surface area contributed by atoms with Gasteiger partial charge in [-0.25, -0.2) is 0 Å². The average molecular weight is 275 g/mol. The largest absolute Gasteiger partial charge is 0.368 e. The lowest BCUT2D eigenvalue weighted by Crippen LogP contribution is -2.41. The zero-order chi connectivity index (χ0) is 14.5. The molecule has 0 saturated carbocycles. The number of amides is 1. The van der Waals surface area contributed by atoms with Gasteiger partial charge in [0, 0.05) is 18.8 Å². The van der Waals surface area contributed by atoms with Gasteiger partial charge >= 0.3 is 0 Å². The SMILES string of the molecule is CC(C)CNCc1ccccc1N1CCCC1C(N)=O. The Kier molecular flexibility index (Phi) is 5.01. The van der Waals surface area contributed by atoms with Crippen molar-refractivity contribution in [1.29, 1.82) is 0 Å². The van der Waals surface area contributed by atoms with E-state index in [4.69, 9.17) is 5.73 Å². The van der Waals surface area contributed by atoms with E-state index in [1.165, 1.54) is 5.56 Å². The molecular weight excluding hydrogens is 250 g/mol. The van der Waals surface area contributed by atoms with Crippen molar-refractivity contribution in [2.24, 2.45) is 11.7 Å². The first-order valence-corrected chi connectivity index (χ1v) is 7.44. The average Bonchev–Trinajstić information content (AvgIpc) is 2.88. The quantitative estimate of drug-likeness (QED) is 0.833. The van der Waals surface area contributed by atoms with Crippen LogP contribution in [0.2, 0.25) is 0 Å². The van der Waals surface area contributed by atoms with Crippen LogP contribution in [0.5, 0.6) is 0 Å². The van der Waals surface area contributed by atoms with Crippen molar-refractivity contribution in [2.45, 2.75) is 39.3 Å². The van der Waals surface area contributed by atoms with Gasteiger partial charge in [-0.3, -0.25) is 4.79 Å². The lowest BCUT2D eigenvalue weighted by Gasteiger charge is -2.27. The molecule has 4 heteroatoms. The molecule has 1 aromatic rings. The lowest BCUT2D eigenvalue weighted by molar-refractivity contribution is -0.119. The Hall–Kier alpha value is -1.55. The third-order valence-corrected chi connectivity index (χ3v) is 3.75. The molecule has 1 aliphatic heterocycles. The van der Waals surface area contributed by atoms with Crippen LogP contribution in [0.15, 0.2) is 24.3 Å². The van der Waals surface area contributed by atoms with Crippen molar-refractivity contribution < 1.29 is 4.79 Å². The highest BCUT2D eigenvalue weighted by Crippen LogP contribution is 2.28. The second-order valence-electron chi connectivity index (χ2n) is 5.91. The maximum Gasteiger partial charge on any atom is 0.240 e. The maximum atomic E-state index is 11.6. The number of nitrogens with one attached hydrogen (secondary N) is 1. The summed E-state index contributed by atoms with van der Waals surface area (Å²) in [6.45, 7) is 7.13. The number of nitrogens with two attached hydrogens (primary N) is 1. The van der Waals surface area contributed by atoms with E-state index in [0.29, 0.717) is 5.92 Å². The molecule has 0 radical (unpaired) electrons. The molecule has 1 aliphatic rings. The second-order valence-corrected chi connectivity index (χ2v) is 5.91. The van der Waals surface area contributed by atoms with E-state index in [1.807, 2.05) is 12.1 Å². The molecule has 1 heterocycles. The van der Waals surface area contributed by atoms with E-state index in [1.54, 1.807) is 0 Å². The van der Waals surface area contributed by atoms with Crippen molar-refractivity contribution in [3.05, 3.63) is 29.8 Å². The van der Waals surface area contributed by atoms with Crippen LogP contribution in [0.3, 0.4) is 0 Å². The number of primary amides is 1. The third kappa shape index (κ3) is 3.51. The summed E-state index contributed by atoms with van der Waals surface area (Å²) in [5.74, 6) is 0.416. The Morgan fingerprint density at radius 1 is 1.45 bits per heavy atom. The summed E-state index contributed by atoms with van der Waals surface area (Å²) >= 11 is 0. The minimum Gasteiger partial charge on any atom is -0.368 e. The van der Waals surface area contributed by atoms with E-state index < -0.39 is 0 Å². The van der Waals surface area contributed by atoms with Crippen molar-refractivity contribution in [1.82, 2.24) is 5.32 Å². The van der Waals surface area contributed by atoms with Crippen LogP contribution >= 0.6 is 0 Å². The zero-order valence-electron chi connectivity index (χ0n) is 12.4. The van der Waals surface area contributed by atoms with Crippen LogP contribution in [0.25, 0.3) is 0 Å². The molecule has 1 amide bonds. The predicted octanol–water partition coefficient (Wildman–Crippen LogP) is 1.89. The highest BCUT2D eigenvalue weighted by Gasteiger charge is 2.30. The van der Waals surface area contributed by atoms with Gasteiger partial charge in [-0.1, -0.05) is 32.0 Å². The Balaban J connectivity index is 2.12. The number of para-hydroxylation sites is 1. The topological polar surface area (TPSA) is 58.4 Å².